The zero-order valence-electron chi connectivity index (χ0n) is 17.1. The standard InChI is InChI=1S/C22H32N2OSi.2ClH/c1-22(2,3)26(20-10-6-4-7-11-20,21-12-8-5-9-13-21)25-17-14-19-18-23-15-16-24-19;;/h4-13,19,23-24H,14-18H2,1-3H3;2*1H. The van der Waals surface area contributed by atoms with Crippen LogP contribution in [0.2, 0.25) is 5.04 Å². The first-order chi connectivity index (χ1) is 12.5. The van der Waals surface area contributed by atoms with Crippen molar-refractivity contribution in [2.75, 3.05) is 26.2 Å². The summed E-state index contributed by atoms with van der Waals surface area (Å²) in [5, 5.41) is 9.83. The van der Waals surface area contributed by atoms with E-state index in [4.69, 9.17) is 4.43 Å². The Morgan fingerprint density at radius 1 is 0.893 bits per heavy atom. The summed E-state index contributed by atoms with van der Waals surface area (Å²) >= 11 is 0. The lowest BCUT2D eigenvalue weighted by molar-refractivity contribution is 0.260. The van der Waals surface area contributed by atoms with Crippen molar-refractivity contribution in [3.63, 3.8) is 0 Å². The minimum atomic E-state index is -2.38. The molecule has 3 rings (SSSR count). The van der Waals surface area contributed by atoms with Gasteiger partial charge in [0.15, 0.2) is 0 Å². The van der Waals surface area contributed by atoms with Crippen LogP contribution in [0.5, 0.6) is 0 Å². The van der Waals surface area contributed by atoms with Crippen LogP contribution in [0, 0.1) is 0 Å². The van der Waals surface area contributed by atoms with Crippen LogP contribution in [0.3, 0.4) is 0 Å². The molecule has 2 N–H and O–H groups in total. The van der Waals surface area contributed by atoms with Gasteiger partial charge in [0.25, 0.3) is 8.32 Å². The molecular weight excluding hydrogens is 407 g/mol. The maximum atomic E-state index is 6.94. The van der Waals surface area contributed by atoms with Crippen LogP contribution in [-0.2, 0) is 4.43 Å². The fraction of sp³-hybridized carbons (Fsp3) is 0.455. The molecule has 1 aliphatic rings. The van der Waals surface area contributed by atoms with Crippen LogP contribution < -0.4 is 21.0 Å². The number of piperazine rings is 1. The van der Waals surface area contributed by atoms with E-state index in [9.17, 15) is 0 Å². The fourth-order valence-electron chi connectivity index (χ4n) is 4.03. The molecular formula is C22H34Cl2N2OSi. The molecule has 2 aromatic carbocycles. The van der Waals surface area contributed by atoms with Gasteiger partial charge in [-0.05, 0) is 21.8 Å². The summed E-state index contributed by atoms with van der Waals surface area (Å²) in [6.07, 6.45) is 1.04. The average Bonchev–Trinajstić information content (AvgIpc) is 2.66. The number of hydrogen-bond acceptors (Lipinski definition) is 3. The number of rotatable bonds is 6. The Bertz CT molecular complexity index is 634. The predicted octanol–water partition coefficient (Wildman–Crippen LogP) is 3.36. The van der Waals surface area contributed by atoms with E-state index in [-0.39, 0.29) is 29.9 Å². The Balaban J connectivity index is 0.00000196. The summed E-state index contributed by atoms with van der Waals surface area (Å²) in [5.41, 5.74) is 0. The molecule has 2 aromatic rings. The van der Waals surface area contributed by atoms with E-state index in [0.29, 0.717) is 6.04 Å². The van der Waals surface area contributed by atoms with Crippen molar-refractivity contribution >= 4 is 43.5 Å². The Hall–Kier alpha value is -0.883. The molecule has 156 valence electrons. The molecule has 1 atom stereocenters. The first-order valence-electron chi connectivity index (χ1n) is 9.73. The third-order valence-corrected chi connectivity index (χ3v) is 10.4. The number of halogens is 2. The van der Waals surface area contributed by atoms with E-state index in [1.54, 1.807) is 0 Å². The molecule has 0 saturated carbocycles. The van der Waals surface area contributed by atoms with Crippen LogP contribution >= 0.6 is 24.8 Å². The van der Waals surface area contributed by atoms with Crippen molar-refractivity contribution < 1.29 is 4.43 Å². The molecule has 3 nitrogen and oxygen atoms in total. The molecule has 0 aromatic heterocycles. The second kappa shape index (κ2) is 11.3. The van der Waals surface area contributed by atoms with Crippen molar-refractivity contribution in [1.82, 2.24) is 10.6 Å². The topological polar surface area (TPSA) is 33.3 Å². The minimum Gasteiger partial charge on any atom is -0.407 e. The van der Waals surface area contributed by atoms with Crippen molar-refractivity contribution in [2.45, 2.75) is 38.3 Å². The van der Waals surface area contributed by atoms with Gasteiger partial charge in [0.1, 0.15) is 0 Å². The molecule has 1 saturated heterocycles. The second-order valence-corrected chi connectivity index (χ2v) is 12.5. The molecule has 1 heterocycles. The zero-order valence-corrected chi connectivity index (χ0v) is 19.7. The van der Waals surface area contributed by atoms with E-state index < -0.39 is 8.32 Å². The summed E-state index contributed by atoms with van der Waals surface area (Å²) in [7, 11) is -2.38. The van der Waals surface area contributed by atoms with Gasteiger partial charge in [-0.1, -0.05) is 81.4 Å². The van der Waals surface area contributed by atoms with Crippen LogP contribution in [0.1, 0.15) is 27.2 Å². The van der Waals surface area contributed by atoms with E-state index in [1.165, 1.54) is 10.4 Å². The molecule has 0 spiro atoms. The smallest absolute Gasteiger partial charge is 0.261 e. The molecule has 0 bridgehead atoms. The maximum absolute atomic E-state index is 6.94. The van der Waals surface area contributed by atoms with Gasteiger partial charge in [-0.3, -0.25) is 0 Å². The van der Waals surface area contributed by atoms with Crippen LogP contribution in [0.25, 0.3) is 0 Å². The van der Waals surface area contributed by atoms with Crippen LogP contribution in [0.4, 0.5) is 0 Å². The quantitative estimate of drug-likeness (QED) is 0.675. The lowest BCUT2D eigenvalue weighted by Gasteiger charge is -2.43. The van der Waals surface area contributed by atoms with E-state index in [1.807, 2.05) is 0 Å². The normalized spacial score (nSPS) is 17.3. The number of nitrogens with one attached hydrogen (secondary N) is 2. The average molecular weight is 442 g/mol. The lowest BCUT2D eigenvalue weighted by atomic mass is 10.2. The highest BCUT2D eigenvalue weighted by Crippen LogP contribution is 2.36. The molecule has 0 amide bonds. The highest BCUT2D eigenvalue weighted by molar-refractivity contribution is 6.99. The Morgan fingerprint density at radius 3 is 1.86 bits per heavy atom. The minimum absolute atomic E-state index is 0. The summed E-state index contributed by atoms with van der Waals surface area (Å²) in [6, 6.07) is 22.3. The predicted molar refractivity (Wildman–Crippen MR) is 127 cm³/mol. The number of hydrogen-bond donors (Lipinski definition) is 2. The molecule has 1 fully saturated rings. The molecule has 28 heavy (non-hydrogen) atoms. The maximum Gasteiger partial charge on any atom is 0.261 e. The molecule has 1 aliphatic heterocycles. The van der Waals surface area contributed by atoms with Crippen LogP contribution in [0.15, 0.2) is 60.7 Å². The summed E-state index contributed by atoms with van der Waals surface area (Å²) in [6.45, 7) is 10.9. The zero-order chi connectivity index (χ0) is 18.5. The summed E-state index contributed by atoms with van der Waals surface area (Å²) in [4.78, 5) is 0. The van der Waals surface area contributed by atoms with E-state index in [2.05, 4.69) is 92.1 Å². The highest BCUT2D eigenvalue weighted by atomic mass is 35.5. The second-order valence-electron chi connectivity index (χ2n) is 8.16. The third-order valence-electron chi connectivity index (χ3n) is 5.33. The van der Waals surface area contributed by atoms with E-state index >= 15 is 0 Å². The summed E-state index contributed by atoms with van der Waals surface area (Å²) < 4.78 is 6.94. The van der Waals surface area contributed by atoms with Crippen molar-refractivity contribution in [1.29, 1.82) is 0 Å². The van der Waals surface area contributed by atoms with Gasteiger partial charge in [-0.25, -0.2) is 0 Å². The summed E-state index contributed by atoms with van der Waals surface area (Å²) in [5.74, 6) is 0. The van der Waals surface area contributed by atoms with Gasteiger partial charge in [0, 0.05) is 32.3 Å². The number of benzene rings is 2. The first-order valence-corrected chi connectivity index (χ1v) is 11.6. The van der Waals surface area contributed by atoms with Crippen molar-refractivity contribution in [2.24, 2.45) is 0 Å². The fourth-order valence-corrected chi connectivity index (χ4v) is 8.61. The molecule has 0 radical (unpaired) electrons. The van der Waals surface area contributed by atoms with Crippen molar-refractivity contribution in [3.05, 3.63) is 60.7 Å². The van der Waals surface area contributed by atoms with Gasteiger partial charge < -0.3 is 15.1 Å². The molecule has 1 unspecified atom stereocenters. The van der Waals surface area contributed by atoms with E-state index in [0.717, 1.165) is 32.7 Å². The third kappa shape index (κ3) is 5.59. The monoisotopic (exact) mass is 440 g/mol. The Kier molecular flexibility index (Phi) is 10.2. The van der Waals surface area contributed by atoms with Crippen LogP contribution in [-0.4, -0.2) is 40.6 Å². The molecule has 0 aliphatic carbocycles. The highest BCUT2D eigenvalue weighted by Gasteiger charge is 2.50. The van der Waals surface area contributed by atoms with Crippen molar-refractivity contribution in [3.8, 4) is 0 Å². The Labute approximate surface area is 183 Å². The Morgan fingerprint density at radius 2 is 1.43 bits per heavy atom. The largest absolute Gasteiger partial charge is 0.407 e. The van der Waals surface area contributed by atoms with Gasteiger partial charge in [-0.15, -0.1) is 24.8 Å². The lowest BCUT2D eigenvalue weighted by Crippen LogP contribution is -2.66. The first kappa shape index (κ1) is 25.2. The SMILES string of the molecule is CC(C)(C)[Si](OCCC1CNCCN1)(c1ccccc1)c1ccccc1.Cl.Cl. The van der Waals surface area contributed by atoms with Gasteiger partial charge >= 0.3 is 0 Å². The van der Waals surface area contributed by atoms with Gasteiger partial charge in [0.2, 0.25) is 0 Å². The van der Waals surface area contributed by atoms with Gasteiger partial charge in [-0.2, -0.15) is 0 Å². The molecule has 6 heteroatoms. The van der Waals surface area contributed by atoms with Gasteiger partial charge in [0.05, 0.1) is 0 Å².